The van der Waals surface area contributed by atoms with Crippen LogP contribution in [0.4, 0.5) is 11.4 Å². The maximum Gasteiger partial charge on any atom is 0.356 e. The van der Waals surface area contributed by atoms with Gasteiger partial charge in [-0.1, -0.05) is 25.1 Å². The first-order valence-corrected chi connectivity index (χ1v) is 12.2. The molecular formula is C27H33N5O4. The van der Waals surface area contributed by atoms with E-state index in [0.717, 1.165) is 28.6 Å². The van der Waals surface area contributed by atoms with Gasteiger partial charge in [-0.25, -0.2) is 9.78 Å². The smallest absolute Gasteiger partial charge is 0.356 e. The van der Waals surface area contributed by atoms with Gasteiger partial charge in [0.05, 0.1) is 37.7 Å². The summed E-state index contributed by atoms with van der Waals surface area (Å²) in [5, 5.41) is 8.16. The summed E-state index contributed by atoms with van der Waals surface area (Å²) in [5.74, 6) is -0.789. The fraction of sp³-hybridized carbons (Fsp3) is 0.370. The standard InChI is InChI=1S/C27H33N5O4/c1-5-17(2)30-19-14-21-24(31-23(33)11-13-35-3)25(27(34)36-4)32(26(21)29-16-19)12-10-18-15-28-22-9-7-6-8-20(18)22/h6-9,14-17,28,30H,5,10-13H2,1-4H3,(H,31,33)/t17-/m1/s1. The van der Waals surface area contributed by atoms with Gasteiger partial charge in [-0.05, 0) is 37.5 Å². The number of esters is 1. The van der Waals surface area contributed by atoms with Gasteiger partial charge in [-0.3, -0.25) is 4.79 Å². The number of fused-ring (bicyclic) bond motifs is 2. The molecule has 1 aromatic carbocycles. The van der Waals surface area contributed by atoms with Crippen LogP contribution in [0.3, 0.4) is 0 Å². The Balaban J connectivity index is 1.80. The summed E-state index contributed by atoms with van der Waals surface area (Å²) in [4.78, 5) is 33.7. The number of methoxy groups -OCH3 is 2. The van der Waals surface area contributed by atoms with Gasteiger partial charge in [0.1, 0.15) is 5.65 Å². The summed E-state index contributed by atoms with van der Waals surface area (Å²) < 4.78 is 12.0. The molecule has 3 heterocycles. The second-order valence-corrected chi connectivity index (χ2v) is 8.82. The van der Waals surface area contributed by atoms with Crippen LogP contribution in [-0.2, 0) is 27.2 Å². The normalized spacial score (nSPS) is 12.1. The number of ether oxygens (including phenoxy) is 2. The van der Waals surface area contributed by atoms with E-state index in [9.17, 15) is 9.59 Å². The minimum atomic E-state index is -0.537. The number of nitrogens with one attached hydrogen (secondary N) is 3. The van der Waals surface area contributed by atoms with Crippen molar-refractivity contribution in [3.8, 4) is 0 Å². The van der Waals surface area contributed by atoms with Crippen LogP contribution in [0.25, 0.3) is 21.9 Å². The summed E-state index contributed by atoms with van der Waals surface area (Å²) >= 11 is 0. The van der Waals surface area contributed by atoms with E-state index in [1.165, 1.54) is 7.11 Å². The molecule has 0 saturated carbocycles. The number of nitrogens with zero attached hydrogens (tertiary/aromatic N) is 2. The van der Waals surface area contributed by atoms with Crippen molar-refractivity contribution in [2.24, 2.45) is 0 Å². The fourth-order valence-electron chi connectivity index (χ4n) is 4.31. The highest BCUT2D eigenvalue weighted by Crippen LogP contribution is 2.33. The zero-order valence-electron chi connectivity index (χ0n) is 21.2. The van der Waals surface area contributed by atoms with E-state index in [1.54, 1.807) is 13.3 Å². The Kier molecular flexibility index (Phi) is 7.90. The number of aromatic nitrogens is 3. The van der Waals surface area contributed by atoms with Crippen LogP contribution in [0.5, 0.6) is 0 Å². The van der Waals surface area contributed by atoms with Crippen molar-refractivity contribution in [1.29, 1.82) is 0 Å². The van der Waals surface area contributed by atoms with Crippen LogP contribution in [0.2, 0.25) is 0 Å². The lowest BCUT2D eigenvalue weighted by Crippen LogP contribution is -2.18. The largest absolute Gasteiger partial charge is 0.464 e. The Morgan fingerprint density at radius 2 is 2.00 bits per heavy atom. The molecule has 3 N–H and O–H groups in total. The molecule has 1 atom stereocenters. The lowest BCUT2D eigenvalue weighted by atomic mass is 10.1. The summed E-state index contributed by atoms with van der Waals surface area (Å²) in [6.45, 7) is 4.94. The summed E-state index contributed by atoms with van der Waals surface area (Å²) in [7, 11) is 2.88. The number of hydrogen-bond donors (Lipinski definition) is 3. The lowest BCUT2D eigenvalue weighted by Gasteiger charge is -2.13. The first-order valence-electron chi connectivity index (χ1n) is 12.2. The van der Waals surface area contributed by atoms with Gasteiger partial charge in [0.25, 0.3) is 0 Å². The van der Waals surface area contributed by atoms with Gasteiger partial charge < -0.3 is 29.7 Å². The average molecular weight is 492 g/mol. The average Bonchev–Trinajstić information content (AvgIpc) is 3.44. The van der Waals surface area contributed by atoms with Crippen molar-refractivity contribution in [3.63, 3.8) is 0 Å². The number of benzene rings is 1. The minimum Gasteiger partial charge on any atom is -0.464 e. The number of rotatable bonds is 11. The Morgan fingerprint density at radius 1 is 1.19 bits per heavy atom. The van der Waals surface area contributed by atoms with Crippen LogP contribution < -0.4 is 10.6 Å². The van der Waals surface area contributed by atoms with E-state index in [2.05, 4.69) is 35.5 Å². The summed E-state index contributed by atoms with van der Waals surface area (Å²) in [5.41, 5.74) is 4.27. The van der Waals surface area contributed by atoms with Gasteiger partial charge in [0.15, 0.2) is 5.69 Å². The quantitative estimate of drug-likeness (QED) is 0.262. The maximum absolute atomic E-state index is 13.0. The molecule has 0 aliphatic heterocycles. The van der Waals surface area contributed by atoms with Gasteiger partial charge in [0, 0.05) is 42.2 Å². The lowest BCUT2D eigenvalue weighted by molar-refractivity contribution is -0.117. The predicted molar refractivity (Wildman–Crippen MR) is 142 cm³/mol. The number of anilines is 2. The molecule has 36 heavy (non-hydrogen) atoms. The van der Waals surface area contributed by atoms with E-state index >= 15 is 0 Å². The Labute approximate surface area is 210 Å². The SMILES string of the molecule is CC[C@@H](C)Nc1cnc2c(c1)c(NC(=O)CCOC)c(C(=O)OC)n2CCc1c[nH]c2ccccc12. The van der Waals surface area contributed by atoms with Crippen molar-refractivity contribution in [2.45, 2.75) is 45.7 Å². The van der Waals surface area contributed by atoms with Crippen LogP contribution >= 0.6 is 0 Å². The topological polar surface area (TPSA) is 110 Å². The molecule has 0 aliphatic carbocycles. The number of carbonyl (C=O) groups is 2. The molecule has 0 spiro atoms. The summed E-state index contributed by atoms with van der Waals surface area (Å²) in [6, 6.07) is 10.3. The number of amides is 1. The van der Waals surface area contributed by atoms with Gasteiger partial charge in [-0.15, -0.1) is 0 Å². The first-order chi connectivity index (χ1) is 17.5. The Hall–Kier alpha value is -3.85. The molecule has 1 amide bonds. The van der Waals surface area contributed by atoms with Crippen LogP contribution in [-0.4, -0.2) is 53.3 Å². The molecule has 0 fully saturated rings. The van der Waals surface area contributed by atoms with Gasteiger partial charge in [0.2, 0.25) is 5.91 Å². The van der Waals surface area contributed by atoms with Crippen LogP contribution in [0.15, 0.2) is 42.7 Å². The number of hydrogen-bond acceptors (Lipinski definition) is 6. The van der Waals surface area contributed by atoms with E-state index in [1.807, 2.05) is 35.0 Å². The van der Waals surface area contributed by atoms with Crippen molar-refractivity contribution >= 4 is 45.2 Å². The second kappa shape index (κ2) is 11.3. The zero-order chi connectivity index (χ0) is 25.7. The van der Waals surface area contributed by atoms with Crippen molar-refractivity contribution < 1.29 is 19.1 Å². The highest BCUT2D eigenvalue weighted by Gasteiger charge is 2.26. The Morgan fingerprint density at radius 3 is 2.75 bits per heavy atom. The van der Waals surface area contributed by atoms with Crippen molar-refractivity contribution in [1.82, 2.24) is 14.5 Å². The third kappa shape index (κ3) is 5.21. The molecule has 0 bridgehead atoms. The minimum absolute atomic E-state index is 0.164. The second-order valence-electron chi connectivity index (χ2n) is 8.82. The fourth-order valence-corrected chi connectivity index (χ4v) is 4.31. The molecule has 190 valence electrons. The number of para-hydroxylation sites is 1. The molecule has 9 nitrogen and oxygen atoms in total. The number of aromatic amines is 1. The zero-order valence-corrected chi connectivity index (χ0v) is 21.2. The van der Waals surface area contributed by atoms with E-state index in [4.69, 9.17) is 14.5 Å². The van der Waals surface area contributed by atoms with E-state index < -0.39 is 5.97 Å². The maximum atomic E-state index is 13.0. The molecule has 4 rings (SSSR count). The van der Waals surface area contributed by atoms with Gasteiger partial charge in [-0.2, -0.15) is 0 Å². The highest BCUT2D eigenvalue weighted by atomic mass is 16.5. The molecule has 0 aliphatic rings. The molecule has 0 unspecified atom stereocenters. The first kappa shape index (κ1) is 25.2. The molecule has 4 aromatic rings. The van der Waals surface area contributed by atoms with E-state index in [0.29, 0.717) is 29.7 Å². The molecule has 3 aromatic heterocycles. The van der Waals surface area contributed by atoms with Crippen molar-refractivity contribution in [3.05, 3.63) is 54.0 Å². The monoisotopic (exact) mass is 491 g/mol. The van der Waals surface area contributed by atoms with Crippen LogP contribution in [0.1, 0.15) is 42.7 Å². The third-order valence-electron chi connectivity index (χ3n) is 6.38. The third-order valence-corrected chi connectivity index (χ3v) is 6.38. The Bertz CT molecular complexity index is 1370. The highest BCUT2D eigenvalue weighted by molar-refractivity contribution is 6.11. The van der Waals surface area contributed by atoms with Crippen LogP contribution in [0, 0.1) is 0 Å². The van der Waals surface area contributed by atoms with E-state index in [-0.39, 0.29) is 30.7 Å². The number of carbonyl (C=O) groups excluding carboxylic acids is 2. The molecule has 9 heteroatoms. The molecular weight excluding hydrogens is 458 g/mol. The number of pyridine rings is 1. The molecule has 0 saturated heterocycles. The predicted octanol–water partition coefficient (Wildman–Crippen LogP) is 4.73. The van der Waals surface area contributed by atoms with Gasteiger partial charge >= 0.3 is 5.97 Å². The van der Waals surface area contributed by atoms with Crippen molar-refractivity contribution in [2.75, 3.05) is 31.5 Å². The number of aryl methyl sites for hydroxylation is 2. The number of H-pyrrole nitrogens is 1. The summed E-state index contributed by atoms with van der Waals surface area (Å²) in [6.07, 6.45) is 5.51. The molecule has 0 radical (unpaired) electrons.